The summed E-state index contributed by atoms with van der Waals surface area (Å²) in [6.07, 6.45) is 1.71. The van der Waals surface area contributed by atoms with E-state index in [-0.39, 0.29) is 13.0 Å². The van der Waals surface area contributed by atoms with E-state index in [1.165, 1.54) is 6.42 Å². The predicted octanol–water partition coefficient (Wildman–Crippen LogP) is 0.364. The minimum Gasteiger partial charge on any atom is -0.379 e. The summed E-state index contributed by atoms with van der Waals surface area (Å²) in [7, 11) is 0. The maximum absolute atomic E-state index is 12.8. The lowest BCUT2D eigenvalue weighted by molar-refractivity contribution is -0.135. The Balaban J connectivity index is 3.44. The SMILES string of the molecule is CC(C)CCCOCCOCCOCCOCCOCCOCCOCCOCCOCCOCCOCCOCCOCCCC(=O)N[C@@H](CC(N)=O)C(=O)N[C@@H](CC(N)=O)C(=O)C(C)C. The van der Waals surface area contributed by atoms with Crippen molar-refractivity contribution in [1.29, 1.82) is 0 Å². The number of ketones is 1. The van der Waals surface area contributed by atoms with Crippen LogP contribution in [-0.4, -0.2) is 213 Å². The normalized spacial score (nSPS) is 12.4. The van der Waals surface area contributed by atoms with Crippen molar-refractivity contribution >= 4 is 29.4 Å². The molecule has 0 aromatic rings. The van der Waals surface area contributed by atoms with E-state index in [9.17, 15) is 24.0 Å². The Morgan fingerprint density at radius 2 is 0.642 bits per heavy atom. The molecule has 0 aliphatic rings. The average molecular weight is 971 g/mol. The largest absolute Gasteiger partial charge is 0.379 e. The fraction of sp³-hybridized carbons (Fsp3) is 0.889. The van der Waals surface area contributed by atoms with Crippen molar-refractivity contribution in [1.82, 2.24) is 10.6 Å². The molecule has 0 radical (unpaired) electrons. The van der Waals surface area contributed by atoms with Crippen LogP contribution >= 0.6 is 0 Å². The van der Waals surface area contributed by atoms with Gasteiger partial charge in [0.2, 0.25) is 23.6 Å². The number of hydrogen-bond acceptors (Lipinski definition) is 18. The second kappa shape index (κ2) is 48.1. The van der Waals surface area contributed by atoms with Gasteiger partial charge in [0.25, 0.3) is 0 Å². The number of rotatable bonds is 53. The number of primary amides is 2. The molecule has 0 heterocycles. The molecule has 22 heteroatoms. The summed E-state index contributed by atoms with van der Waals surface area (Å²) in [5, 5.41) is 4.85. The zero-order valence-corrected chi connectivity index (χ0v) is 40.9. The molecule has 0 aliphatic carbocycles. The zero-order valence-electron chi connectivity index (χ0n) is 40.9. The molecular formula is C45H86N4O18. The number of amides is 4. The molecule has 0 saturated carbocycles. The summed E-state index contributed by atoms with van der Waals surface area (Å²) >= 11 is 0. The van der Waals surface area contributed by atoms with Crippen LogP contribution in [0, 0.1) is 11.8 Å². The van der Waals surface area contributed by atoms with Crippen LogP contribution in [0.1, 0.15) is 66.2 Å². The highest BCUT2D eigenvalue weighted by Gasteiger charge is 2.30. The van der Waals surface area contributed by atoms with Crippen LogP contribution in [0.3, 0.4) is 0 Å². The molecule has 0 unspecified atom stereocenters. The van der Waals surface area contributed by atoms with Crippen molar-refractivity contribution < 1.29 is 85.6 Å². The maximum Gasteiger partial charge on any atom is 0.243 e. The van der Waals surface area contributed by atoms with Crippen molar-refractivity contribution in [2.45, 2.75) is 78.3 Å². The number of carbonyl (C=O) groups excluding carboxylic acids is 5. The Morgan fingerprint density at radius 3 is 0.910 bits per heavy atom. The smallest absolute Gasteiger partial charge is 0.243 e. The fourth-order valence-electron chi connectivity index (χ4n) is 5.45. The van der Waals surface area contributed by atoms with Crippen molar-refractivity contribution in [3.63, 3.8) is 0 Å². The first-order valence-electron chi connectivity index (χ1n) is 23.6. The third-order valence-corrected chi connectivity index (χ3v) is 8.92. The van der Waals surface area contributed by atoms with Crippen LogP contribution in [0.25, 0.3) is 0 Å². The molecule has 0 rings (SSSR count). The summed E-state index contributed by atoms with van der Waals surface area (Å²) in [6.45, 7) is 19.9. The fourth-order valence-corrected chi connectivity index (χ4v) is 5.45. The molecule has 394 valence electrons. The highest BCUT2D eigenvalue weighted by atomic mass is 16.6. The number of nitrogens with one attached hydrogen (secondary N) is 2. The Bertz CT molecular complexity index is 1200. The molecule has 0 aliphatic heterocycles. The number of ether oxygens (including phenoxy) is 13. The Kier molecular flexibility index (Phi) is 45.9. The van der Waals surface area contributed by atoms with Crippen LogP contribution in [0.2, 0.25) is 0 Å². The maximum atomic E-state index is 12.8. The third-order valence-electron chi connectivity index (χ3n) is 8.92. The van der Waals surface area contributed by atoms with Crippen LogP contribution in [0.4, 0.5) is 0 Å². The number of carbonyl (C=O) groups is 5. The molecule has 0 aromatic carbocycles. The number of nitrogens with two attached hydrogens (primary N) is 2. The Labute approximate surface area is 398 Å². The van der Waals surface area contributed by atoms with Crippen molar-refractivity contribution in [3.05, 3.63) is 0 Å². The lowest BCUT2D eigenvalue weighted by Gasteiger charge is -2.22. The van der Waals surface area contributed by atoms with E-state index in [1.807, 2.05) is 0 Å². The highest BCUT2D eigenvalue weighted by Crippen LogP contribution is 2.06. The molecule has 4 amide bonds. The molecule has 0 fully saturated rings. The van der Waals surface area contributed by atoms with Gasteiger partial charge in [-0.3, -0.25) is 24.0 Å². The molecule has 0 saturated heterocycles. The van der Waals surface area contributed by atoms with E-state index in [0.717, 1.165) is 13.0 Å². The predicted molar refractivity (Wildman–Crippen MR) is 245 cm³/mol. The van der Waals surface area contributed by atoms with Gasteiger partial charge in [-0.1, -0.05) is 27.7 Å². The summed E-state index contributed by atoms with van der Waals surface area (Å²) < 4.78 is 71.4. The topological polar surface area (TPSA) is 281 Å². The monoisotopic (exact) mass is 971 g/mol. The van der Waals surface area contributed by atoms with Gasteiger partial charge in [-0.05, 0) is 25.2 Å². The Hall–Kier alpha value is -2.97. The minimum atomic E-state index is -1.32. The van der Waals surface area contributed by atoms with Gasteiger partial charge in [-0.2, -0.15) is 0 Å². The van der Waals surface area contributed by atoms with Gasteiger partial charge in [0.05, 0.1) is 177 Å². The Morgan fingerprint density at radius 1 is 0.373 bits per heavy atom. The van der Waals surface area contributed by atoms with Gasteiger partial charge in [0.15, 0.2) is 5.78 Å². The van der Waals surface area contributed by atoms with E-state index in [4.69, 9.17) is 73.0 Å². The van der Waals surface area contributed by atoms with Gasteiger partial charge >= 0.3 is 0 Å². The van der Waals surface area contributed by atoms with Gasteiger partial charge in [0, 0.05) is 25.6 Å². The molecule has 2 atom stereocenters. The quantitative estimate of drug-likeness (QED) is 0.0599. The van der Waals surface area contributed by atoms with Crippen LogP contribution in [-0.2, 0) is 85.6 Å². The molecule has 0 bridgehead atoms. The standard InChI is InChI=1S/C45H86N4O18/c1-37(2)7-5-9-55-11-13-57-15-17-59-19-21-61-23-25-63-27-29-65-31-33-67-34-32-66-30-28-64-26-24-62-22-20-60-18-16-58-14-12-56-10-6-8-43(52)48-40(36-42(47)51)45(54)49-39(35-41(46)50)44(53)38(3)4/h37-40H,5-36H2,1-4H3,(H2,46,50)(H2,47,51)(H,48,52)(H,49,54)/t39-,40-/m0/s1. The van der Waals surface area contributed by atoms with Gasteiger partial charge in [-0.25, -0.2) is 0 Å². The molecule has 67 heavy (non-hydrogen) atoms. The molecule has 6 N–H and O–H groups in total. The van der Waals surface area contributed by atoms with Crippen LogP contribution in [0.15, 0.2) is 0 Å². The van der Waals surface area contributed by atoms with Gasteiger partial charge in [-0.15, -0.1) is 0 Å². The van der Waals surface area contributed by atoms with E-state index < -0.39 is 60.3 Å². The molecule has 22 nitrogen and oxygen atoms in total. The van der Waals surface area contributed by atoms with E-state index in [0.29, 0.717) is 171 Å². The van der Waals surface area contributed by atoms with E-state index in [1.54, 1.807) is 13.8 Å². The molecule has 0 spiro atoms. The first-order valence-corrected chi connectivity index (χ1v) is 23.6. The van der Waals surface area contributed by atoms with Gasteiger partial charge in [0.1, 0.15) is 6.04 Å². The second-order valence-corrected chi connectivity index (χ2v) is 15.7. The van der Waals surface area contributed by atoms with Crippen molar-refractivity contribution in [3.8, 4) is 0 Å². The number of hydrogen-bond donors (Lipinski definition) is 4. The van der Waals surface area contributed by atoms with E-state index in [2.05, 4.69) is 24.5 Å². The minimum absolute atomic E-state index is 0.00649. The lowest BCUT2D eigenvalue weighted by Crippen LogP contribution is -2.54. The van der Waals surface area contributed by atoms with Crippen molar-refractivity contribution in [2.75, 3.05) is 172 Å². The zero-order chi connectivity index (χ0) is 49.4. The lowest BCUT2D eigenvalue weighted by atomic mass is 9.98. The summed E-state index contributed by atoms with van der Waals surface area (Å²) in [6, 6.07) is -2.51. The van der Waals surface area contributed by atoms with Gasteiger partial charge < -0.3 is 83.7 Å². The summed E-state index contributed by atoms with van der Waals surface area (Å²) in [5.74, 6) is -3.15. The second-order valence-electron chi connectivity index (χ2n) is 15.7. The van der Waals surface area contributed by atoms with Crippen LogP contribution < -0.4 is 22.1 Å². The third kappa shape index (κ3) is 46.5. The van der Waals surface area contributed by atoms with Crippen molar-refractivity contribution in [2.24, 2.45) is 23.3 Å². The molecule has 0 aromatic heterocycles. The van der Waals surface area contributed by atoms with E-state index >= 15 is 0 Å². The molecular weight excluding hydrogens is 885 g/mol. The average Bonchev–Trinajstić information content (AvgIpc) is 3.28. The first-order chi connectivity index (χ1) is 32.4. The first kappa shape index (κ1) is 64.0. The summed E-state index contributed by atoms with van der Waals surface area (Å²) in [5.41, 5.74) is 10.5. The van der Waals surface area contributed by atoms with Crippen LogP contribution in [0.5, 0.6) is 0 Å². The highest BCUT2D eigenvalue weighted by molar-refractivity contribution is 5.97. The summed E-state index contributed by atoms with van der Waals surface area (Å²) in [4.78, 5) is 60.6. The number of Topliss-reactive ketones (excluding diaryl/α,β-unsaturated/α-hetero) is 1.